The fourth-order valence-corrected chi connectivity index (χ4v) is 1.95. The molecule has 0 bridgehead atoms. The maximum Gasteiger partial charge on any atom is 0.141 e. The molecule has 2 N–H and O–H groups in total. The second kappa shape index (κ2) is 4.89. The second-order valence-corrected chi connectivity index (χ2v) is 4.22. The van der Waals surface area contributed by atoms with Crippen LogP contribution in [-0.2, 0) is 4.74 Å². The molecule has 0 spiro atoms. The Labute approximate surface area is 94.8 Å². The minimum Gasteiger partial charge on any atom is -0.376 e. The van der Waals surface area contributed by atoms with Gasteiger partial charge in [0.15, 0.2) is 0 Å². The van der Waals surface area contributed by atoms with Crippen LogP contribution in [0, 0.1) is 11.7 Å². The van der Waals surface area contributed by atoms with Crippen LogP contribution in [0.4, 0.5) is 4.39 Å². The SMILES string of the molecule is CCOC(C1CC1)C(N)c1cncc(F)c1. The Balaban J connectivity index is 2.12. The van der Waals surface area contributed by atoms with Crippen LogP contribution in [0.25, 0.3) is 0 Å². The summed E-state index contributed by atoms with van der Waals surface area (Å²) in [5.74, 6) is 0.178. The lowest BCUT2D eigenvalue weighted by atomic mass is 10.0. The minimum absolute atomic E-state index is 0.00593. The first-order chi connectivity index (χ1) is 7.72. The van der Waals surface area contributed by atoms with Gasteiger partial charge in [-0.1, -0.05) is 0 Å². The molecule has 0 saturated heterocycles. The lowest BCUT2D eigenvalue weighted by Crippen LogP contribution is -2.31. The monoisotopic (exact) mass is 224 g/mol. The third-order valence-electron chi connectivity index (χ3n) is 2.91. The summed E-state index contributed by atoms with van der Waals surface area (Å²) < 4.78 is 18.7. The van der Waals surface area contributed by atoms with Crippen LogP contribution in [0.3, 0.4) is 0 Å². The van der Waals surface area contributed by atoms with Gasteiger partial charge in [-0.3, -0.25) is 4.98 Å². The summed E-state index contributed by atoms with van der Waals surface area (Å²) in [6, 6.07) is 1.15. The van der Waals surface area contributed by atoms with Crippen molar-refractivity contribution in [3.05, 3.63) is 29.8 Å². The molecule has 1 heterocycles. The zero-order valence-corrected chi connectivity index (χ0v) is 9.40. The van der Waals surface area contributed by atoms with Crippen molar-refractivity contribution in [2.45, 2.75) is 31.9 Å². The van der Waals surface area contributed by atoms with Crippen LogP contribution < -0.4 is 5.73 Å². The van der Waals surface area contributed by atoms with E-state index in [1.54, 1.807) is 6.20 Å². The average Bonchev–Trinajstić information content (AvgIpc) is 3.09. The van der Waals surface area contributed by atoms with Crippen LogP contribution in [0.2, 0.25) is 0 Å². The summed E-state index contributed by atoms with van der Waals surface area (Å²) >= 11 is 0. The van der Waals surface area contributed by atoms with Gasteiger partial charge in [0.2, 0.25) is 0 Å². The third-order valence-corrected chi connectivity index (χ3v) is 2.91. The van der Waals surface area contributed by atoms with Gasteiger partial charge >= 0.3 is 0 Å². The predicted octanol–water partition coefficient (Wildman–Crippen LogP) is 2.04. The summed E-state index contributed by atoms with van der Waals surface area (Å²) in [5.41, 5.74) is 6.82. The van der Waals surface area contributed by atoms with Crippen molar-refractivity contribution < 1.29 is 9.13 Å². The normalized spacial score (nSPS) is 19.4. The van der Waals surface area contributed by atoms with Crippen molar-refractivity contribution in [1.29, 1.82) is 0 Å². The summed E-state index contributed by atoms with van der Waals surface area (Å²) in [5, 5.41) is 0. The Morgan fingerprint density at radius 1 is 1.56 bits per heavy atom. The number of hydrogen-bond donors (Lipinski definition) is 1. The topological polar surface area (TPSA) is 48.1 Å². The molecule has 1 fully saturated rings. The number of ether oxygens (including phenoxy) is 1. The first-order valence-corrected chi connectivity index (χ1v) is 5.70. The summed E-state index contributed by atoms with van der Waals surface area (Å²) in [7, 11) is 0. The highest BCUT2D eigenvalue weighted by molar-refractivity contribution is 5.17. The molecule has 1 aliphatic carbocycles. The molecule has 0 aromatic carbocycles. The van der Waals surface area contributed by atoms with E-state index in [1.165, 1.54) is 12.3 Å². The van der Waals surface area contributed by atoms with Gasteiger partial charge in [-0.05, 0) is 37.3 Å². The van der Waals surface area contributed by atoms with Crippen molar-refractivity contribution in [1.82, 2.24) is 4.98 Å². The van der Waals surface area contributed by atoms with Crippen LogP contribution in [0.1, 0.15) is 31.4 Å². The van der Waals surface area contributed by atoms with Gasteiger partial charge in [-0.15, -0.1) is 0 Å². The molecule has 2 unspecified atom stereocenters. The first kappa shape index (κ1) is 11.5. The molecule has 16 heavy (non-hydrogen) atoms. The summed E-state index contributed by atoms with van der Waals surface area (Å²) in [4.78, 5) is 3.82. The quantitative estimate of drug-likeness (QED) is 0.832. The molecular weight excluding hydrogens is 207 g/mol. The average molecular weight is 224 g/mol. The van der Waals surface area contributed by atoms with E-state index >= 15 is 0 Å². The van der Waals surface area contributed by atoms with Gasteiger partial charge in [-0.25, -0.2) is 4.39 Å². The fraction of sp³-hybridized carbons (Fsp3) is 0.583. The molecule has 1 aromatic heterocycles. The van der Waals surface area contributed by atoms with E-state index in [2.05, 4.69) is 4.98 Å². The van der Waals surface area contributed by atoms with Crippen molar-refractivity contribution in [2.75, 3.05) is 6.61 Å². The first-order valence-electron chi connectivity index (χ1n) is 5.70. The second-order valence-electron chi connectivity index (χ2n) is 4.22. The lowest BCUT2D eigenvalue weighted by Gasteiger charge is -2.23. The largest absolute Gasteiger partial charge is 0.376 e. The molecule has 0 radical (unpaired) electrons. The van der Waals surface area contributed by atoms with Crippen LogP contribution >= 0.6 is 0 Å². The number of hydrogen-bond acceptors (Lipinski definition) is 3. The van der Waals surface area contributed by atoms with Gasteiger partial charge in [0.05, 0.1) is 18.3 Å². The van der Waals surface area contributed by atoms with E-state index in [1.807, 2.05) is 6.92 Å². The summed E-state index contributed by atoms with van der Waals surface area (Å²) in [6.07, 6.45) is 5.10. The molecular formula is C12H17FN2O. The van der Waals surface area contributed by atoms with Gasteiger partial charge in [0.1, 0.15) is 5.82 Å². The highest BCUT2D eigenvalue weighted by atomic mass is 19.1. The van der Waals surface area contributed by atoms with Crippen molar-refractivity contribution in [3.8, 4) is 0 Å². The van der Waals surface area contributed by atoms with Crippen molar-refractivity contribution >= 4 is 0 Å². The van der Waals surface area contributed by atoms with Gasteiger partial charge in [0, 0.05) is 12.8 Å². The number of aromatic nitrogens is 1. The van der Waals surface area contributed by atoms with E-state index in [-0.39, 0.29) is 18.0 Å². The predicted molar refractivity (Wildman–Crippen MR) is 59.3 cm³/mol. The number of nitrogens with two attached hydrogens (primary N) is 1. The van der Waals surface area contributed by atoms with Crippen molar-refractivity contribution in [2.24, 2.45) is 11.7 Å². The zero-order valence-electron chi connectivity index (χ0n) is 9.40. The van der Waals surface area contributed by atoms with Gasteiger partial charge in [0.25, 0.3) is 0 Å². The fourth-order valence-electron chi connectivity index (χ4n) is 1.95. The Kier molecular flexibility index (Phi) is 3.51. The molecule has 1 saturated carbocycles. The molecule has 0 amide bonds. The standard InChI is InChI=1S/C12H17FN2O/c1-2-16-12(8-3-4-8)11(14)9-5-10(13)7-15-6-9/h5-8,11-12H,2-4,14H2,1H3. The van der Waals surface area contributed by atoms with Gasteiger partial charge in [-0.2, -0.15) is 0 Å². The van der Waals surface area contributed by atoms with E-state index in [0.29, 0.717) is 18.1 Å². The van der Waals surface area contributed by atoms with Crippen LogP contribution in [0.5, 0.6) is 0 Å². The molecule has 1 aromatic rings. The highest BCUT2D eigenvalue weighted by Crippen LogP contribution is 2.39. The molecule has 2 atom stereocenters. The smallest absolute Gasteiger partial charge is 0.141 e. The molecule has 0 aliphatic heterocycles. The Bertz CT molecular complexity index is 355. The van der Waals surface area contributed by atoms with Crippen molar-refractivity contribution in [3.63, 3.8) is 0 Å². The minimum atomic E-state index is -0.348. The van der Waals surface area contributed by atoms with Gasteiger partial charge < -0.3 is 10.5 Å². The van der Waals surface area contributed by atoms with E-state index in [0.717, 1.165) is 12.8 Å². The zero-order chi connectivity index (χ0) is 11.5. The number of pyridine rings is 1. The number of nitrogens with zero attached hydrogens (tertiary/aromatic N) is 1. The Morgan fingerprint density at radius 2 is 2.31 bits per heavy atom. The maximum absolute atomic E-state index is 13.0. The lowest BCUT2D eigenvalue weighted by molar-refractivity contribution is 0.0281. The van der Waals surface area contributed by atoms with E-state index < -0.39 is 0 Å². The van der Waals surface area contributed by atoms with Crippen LogP contribution in [0.15, 0.2) is 18.5 Å². The highest BCUT2D eigenvalue weighted by Gasteiger charge is 2.36. The molecule has 4 heteroatoms. The molecule has 88 valence electrons. The number of rotatable bonds is 5. The maximum atomic E-state index is 13.0. The molecule has 3 nitrogen and oxygen atoms in total. The summed E-state index contributed by atoms with van der Waals surface area (Å²) in [6.45, 7) is 2.59. The molecule has 2 rings (SSSR count). The number of halogens is 1. The van der Waals surface area contributed by atoms with E-state index in [4.69, 9.17) is 10.5 Å². The Hall–Kier alpha value is -1.00. The Morgan fingerprint density at radius 3 is 2.88 bits per heavy atom. The van der Waals surface area contributed by atoms with E-state index in [9.17, 15) is 4.39 Å². The van der Waals surface area contributed by atoms with Crippen LogP contribution in [-0.4, -0.2) is 17.7 Å². The molecule has 1 aliphatic rings. The third kappa shape index (κ3) is 2.57.